The average Bonchev–Trinajstić information content (AvgIpc) is 1.60. The Bertz CT molecular complexity index is 5990. The number of carbonyl (C=O) groups excluding carboxylic acids is 13. The van der Waals surface area contributed by atoms with E-state index in [0.29, 0.717) is 54.0 Å². The number of aliphatic carboxylic acids is 3. The zero-order valence-corrected chi connectivity index (χ0v) is 84.8. The number of aliphatic hydroxyl groups is 1. The van der Waals surface area contributed by atoms with Crippen molar-refractivity contribution >= 4 is 124 Å². The number of methoxy groups -OCH3 is 1. The molecule has 17 atom stereocenters. The van der Waals surface area contributed by atoms with Crippen molar-refractivity contribution in [3.05, 3.63) is 185 Å². The number of nitrogens with zero attached hydrogens (tertiary/aromatic N) is 7. The smallest absolute Gasteiger partial charge is 0.408 e. The molecule has 5 heterocycles. The number of hydrogen-bond donors (Lipinski definition) is 19. The number of alkyl carbamates (subject to hydrolysis) is 2. The van der Waals surface area contributed by atoms with Crippen LogP contribution in [-0.4, -0.2) is 255 Å². The fourth-order valence-electron chi connectivity index (χ4n) is 17.5. The van der Waals surface area contributed by atoms with E-state index in [1.54, 1.807) is 92.2 Å². The number of unbranched alkanes of at least 4 members (excludes halogenated alkanes) is 1. The highest BCUT2D eigenvalue weighted by Crippen LogP contribution is 2.53. The minimum Gasteiger partial charge on any atom is -0.492 e. The largest absolute Gasteiger partial charge is 0.492 e. The van der Waals surface area contributed by atoms with Crippen molar-refractivity contribution in [2.45, 2.75) is 250 Å². The van der Waals surface area contributed by atoms with Crippen LogP contribution in [0.5, 0.6) is 5.88 Å². The number of aryl methyl sites for hydroxylation is 1. The second kappa shape index (κ2) is 56.7. The number of rotatable bonds is 53. The van der Waals surface area contributed by atoms with Gasteiger partial charge in [0.15, 0.2) is 11.2 Å². The fourth-order valence-corrected chi connectivity index (χ4v) is 17.5. The summed E-state index contributed by atoms with van der Waals surface area (Å²) in [4.78, 5) is 225. The Morgan fingerprint density at radius 3 is 1.91 bits per heavy atom. The molecule has 0 spiro atoms. The van der Waals surface area contributed by atoms with Crippen LogP contribution in [0, 0.1) is 35.5 Å². The monoisotopic (exact) mass is 2080 g/mol. The first-order valence-electron chi connectivity index (χ1n) is 49.6. The molecule has 2 aliphatic carbocycles. The van der Waals surface area contributed by atoms with Gasteiger partial charge in [-0.2, -0.15) is 9.97 Å². The quantitative estimate of drug-likeness (QED) is 0.00661. The third kappa shape index (κ3) is 36.2. The van der Waals surface area contributed by atoms with Gasteiger partial charge in [-0.25, -0.2) is 38.6 Å². The van der Waals surface area contributed by atoms with Crippen molar-refractivity contribution in [1.82, 2.24) is 88.1 Å². The molecule has 47 nitrogen and oxygen atoms in total. The molecule has 1 saturated carbocycles. The van der Waals surface area contributed by atoms with Crippen LogP contribution >= 0.6 is 0 Å². The maximum atomic E-state index is 14.2. The topological polar surface area (TPSA) is 699 Å². The molecule has 2 fully saturated rings. The summed E-state index contributed by atoms with van der Waals surface area (Å²) in [5, 5.41) is 90.7. The third-order valence-corrected chi connectivity index (χ3v) is 25.8. The number of nitrogens with one attached hydrogen (secondary N) is 12. The van der Waals surface area contributed by atoms with Crippen LogP contribution in [0.4, 0.5) is 31.7 Å². The Balaban J connectivity index is 0.640. The number of aromatic hydroxyl groups is 1. The number of carbonyl (C=O) groups is 16. The predicted molar refractivity (Wildman–Crippen MR) is 543 cm³/mol. The van der Waals surface area contributed by atoms with E-state index >= 15 is 0 Å². The van der Waals surface area contributed by atoms with Crippen LogP contribution in [0.3, 0.4) is 0 Å². The number of hydrogen-bond acceptors (Lipinski definition) is 31. The van der Waals surface area contributed by atoms with Crippen molar-refractivity contribution in [2.75, 3.05) is 43.2 Å². The second-order valence-corrected chi connectivity index (χ2v) is 37.8. The molecular formula is C103H133N21O26. The van der Waals surface area contributed by atoms with E-state index in [9.17, 15) is 102 Å². The number of amides is 12. The number of fused-ring (bicyclic) bond motifs is 3. The number of esters is 2. The summed E-state index contributed by atoms with van der Waals surface area (Å²) >= 11 is 0. The predicted octanol–water partition coefficient (Wildman–Crippen LogP) is 6.23. The molecule has 806 valence electrons. The standard InChI is InChI=1S/C103H133N21O26/c1-10-17-81-60(8)79(125)50-82(149-81)72(22-14-19-57(5)46-56(4)18-13-20-58(6)80-24-15-25-87(133)150-80)118-102(144)147-53-61-27-33-65(34-28-61)112-93(136)73(23-16-45-107-101(105)143)114-97(140)88(55(2)3)119-103(145)148-54-70-68-39-41-71-78(42-40-69(68)70)124(123-122-71)67-37-31-62(32-38-67)91(134)106-44-12-11-21-74(99(142)146-9)115-95(138)76(48-85(129)130)117-96(139)77(49-86(131)132)116-94(137)75(47-84(127)128)113-83(126)43-26-59(7)110-92(135)63-29-35-64(36-30-63)108-51-66-52-109-90-89(111-66)98(141)121-100(104)120-90/h10,13-15,17-20,22,25,27-38,52,55-56,59-60,68-70,72-77,79-82,88,108,125H,11-12,16,21,23-24,26,39-51,53-54H2,1-9H3,(H,106,134)(H,110,135)(H,112,136)(H,113,126)(H,114,140)(H,115,138)(H,116,137)(H,117,139)(H,118,144)(H,119,145)(H,127,128)(H,129,130)(H,131,132)(H3,105,107,143)(H3,104,109,120,121,141)/b17-10+,18-13-,22-14+,57-19+,58-20+/t56-,59+,60-,68?,69-,70+,72?,73-,74-,75-,76-,77?,79+,80?,81?,82?,88-/m0/s1. The molecule has 21 N–H and O–H groups in total. The maximum Gasteiger partial charge on any atom is 0.408 e. The Morgan fingerprint density at radius 2 is 1.26 bits per heavy atom. The molecule has 2 aliphatic heterocycles. The molecule has 0 radical (unpaired) electrons. The molecule has 47 heteroatoms. The summed E-state index contributed by atoms with van der Waals surface area (Å²) < 4.78 is 30.0. The molecule has 6 aromatic rings. The van der Waals surface area contributed by atoms with Gasteiger partial charge in [0.05, 0.1) is 92.8 Å². The SMILES string of the molecule is C/C=C/C1OC(C(/C=C/C=C(\C)C[C@@H](C)/C=C\C=C(/C)C2CC=CC(=O)O2)NC(=O)OCc2ccc(NC(=O)[C@H](CCCNC(N)=O)NC(=O)[C@@H](NC(=O)OC[C@@H]3C4CCc5nnn(-c6ccc(C(=O)NCCCC[C@H](NC(=O)[C@H](CC(=O)O)NC(=O)C(CC(=O)O)NC(=O)[C@H](CC(=O)O)NC(=O)CC[C@@H](C)NC(=O)c7ccc(NCc8cnc9nc(N)nc(O)c9n8)cc7)C(=O)OC)cc6)c5CC[C@@H]43)C(C)C)cc2)C[C@@H](O)[C@@H]1C. The summed E-state index contributed by atoms with van der Waals surface area (Å²) in [7, 11) is 1.02. The van der Waals surface area contributed by atoms with Crippen molar-refractivity contribution in [3.63, 3.8) is 0 Å². The summed E-state index contributed by atoms with van der Waals surface area (Å²) in [6.07, 6.45) is 17.2. The molecular weight excluding hydrogens is 1950 g/mol. The lowest BCUT2D eigenvalue weighted by atomic mass is 9.87. The Hall–Kier alpha value is -16.1. The molecule has 6 unspecified atom stereocenters. The average molecular weight is 2080 g/mol. The Kier molecular flexibility index (Phi) is 43.8. The first-order valence-corrected chi connectivity index (χ1v) is 49.6. The van der Waals surface area contributed by atoms with Gasteiger partial charge in [0.1, 0.15) is 49.0 Å². The number of anilines is 3. The number of ether oxygens (including phenoxy) is 5. The first-order chi connectivity index (χ1) is 71.6. The molecule has 4 aliphatic rings. The molecule has 0 bridgehead atoms. The van der Waals surface area contributed by atoms with Gasteiger partial charge in [-0.05, 0) is 200 Å². The highest BCUT2D eigenvalue weighted by Gasteiger charge is 2.51. The number of aliphatic hydroxyl groups excluding tert-OH is 1. The van der Waals surface area contributed by atoms with E-state index in [0.717, 1.165) is 42.5 Å². The summed E-state index contributed by atoms with van der Waals surface area (Å²) in [6, 6.07) is 7.36. The van der Waals surface area contributed by atoms with E-state index in [1.807, 2.05) is 70.2 Å². The van der Waals surface area contributed by atoms with Gasteiger partial charge in [-0.15, -0.1) is 5.10 Å². The van der Waals surface area contributed by atoms with Crippen molar-refractivity contribution < 1.29 is 126 Å². The van der Waals surface area contributed by atoms with Gasteiger partial charge in [-0.1, -0.05) is 105 Å². The Labute approximate surface area is 864 Å². The number of urea groups is 1. The number of nitrogen functional groups attached to an aromatic ring is 1. The zero-order chi connectivity index (χ0) is 109. The van der Waals surface area contributed by atoms with Crippen molar-refractivity contribution in [1.29, 1.82) is 0 Å². The van der Waals surface area contributed by atoms with Crippen molar-refractivity contribution in [3.8, 4) is 11.6 Å². The van der Waals surface area contributed by atoms with Crippen LogP contribution in [-0.2, 0) is 102 Å². The van der Waals surface area contributed by atoms with Gasteiger partial charge in [0.2, 0.25) is 47.3 Å². The summed E-state index contributed by atoms with van der Waals surface area (Å²) in [6.45, 7) is 15.0. The normalized spacial score (nSPS) is 19.3. The summed E-state index contributed by atoms with van der Waals surface area (Å²) in [5.41, 5.74) is 17.7. The van der Waals surface area contributed by atoms with E-state index in [4.69, 9.17) is 35.2 Å². The van der Waals surface area contributed by atoms with Crippen LogP contribution < -0.4 is 75.3 Å². The van der Waals surface area contributed by atoms with Gasteiger partial charge >= 0.3 is 48.1 Å². The van der Waals surface area contributed by atoms with Crippen LogP contribution in [0.25, 0.3) is 16.9 Å². The van der Waals surface area contributed by atoms with E-state index in [2.05, 4.69) is 107 Å². The van der Waals surface area contributed by atoms with Crippen molar-refractivity contribution in [2.24, 2.45) is 41.2 Å². The van der Waals surface area contributed by atoms with Gasteiger partial charge in [0, 0.05) is 72.9 Å². The maximum absolute atomic E-state index is 14.2. The highest BCUT2D eigenvalue weighted by atomic mass is 16.6. The lowest BCUT2D eigenvalue weighted by molar-refractivity contribution is -0.146. The van der Waals surface area contributed by atoms with E-state index in [-0.39, 0.29) is 154 Å². The van der Waals surface area contributed by atoms with Crippen LogP contribution in [0.2, 0.25) is 0 Å². The Morgan fingerprint density at radius 1 is 0.647 bits per heavy atom. The molecule has 1 saturated heterocycles. The number of allylic oxidation sites excluding steroid dienone is 7. The zero-order valence-electron chi connectivity index (χ0n) is 84.8. The van der Waals surface area contributed by atoms with E-state index < -0.39 is 187 Å². The molecule has 10 rings (SSSR count). The fraction of sp³-hybridized carbons (Fsp3) is 0.476. The molecule has 3 aromatic heterocycles. The number of aromatic nitrogens is 7. The van der Waals surface area contributed by atoms with Crippen LogP contribution in [0.1, 0.15) is 195 Å². The number of nitrogens with two attached hydrogens (primary N) is 2. The van der Waals surface area contributed by atoms with Gasteiger partial charge in [0.25, 0.3) is 11.8 Å². The van der Waals surface area contributed by atoms with E-state index in [1.165, 1.54) is 24.4 Å². The number of cyclic esters (lactones) is 1. The molecule has 150 heavy (non-hydrogen) atoms. The minimum atomic E-state index is -2.11. The lowest BCUT2D eigenvalue weighted by Crippen LogP contribution is -2.58. The third-order valence-electron chi connectivity index (χ3n) is 25.8. The van der Waals surface area contributed by atoms with Crippen LogP contribution in [0.15, 0.2) is 151 Å². The summed E-state index contributed by atoms with van der Waals surface area (Å²) in [5.74, 6) is -14.2. The number of carboxylic acid groups (broad SMARTS) is 3. The molecule has 12 amide bonds. The number of primary amides is 1. The van der Waals surface area contributed by atoms with Gasteiger partial charge < -0.3 is 124 Å². The minimum absolute atomic E-state index is 0.000680. The molecule has 3 aromatic carbocycles. The second-order valence-electron chi connectivity index (χ2n) is 37.8. The first kappa shape index (κ1) is 116. The number of benzene rings is 3. The highest BCUT2D eigenvalue weighted by molar-refractivity contribution is 6.01. The lowest BCUT2D eigenvalue weighted by Gasteiger charge is -2.39. The van der Waals surface area contributed by atoms with Gasteiger partial charge in [-0.3, -0.25) is 52.7 Å². The number of carboxylic acids is 3.